The molecule has 3 heterocycles. The van der Waals surface area contributed by atoms with Gasteiger partial charge >= 0.3 is 0 Å². The van der Waals surface area contributed by atoms with Gasteiger partial charge in [0.2, 0.25) is 0 Å². The predicted molar refractivity (Wildman–Crippen MR) is 88.1 cm³/mol. The van der Waals surface area contributed by atoms with Gasteiger partial charge in [0.15, 0.2) is 0 Å². The lowest BCUT2D eigenvalue weighted by Crippen LogP contribution is -2.36. The van der Waals surface area contributed by atoms with E-state index in [0.29, 0.717) is 12.0 Å². The molecule has 0 aromatic carbocycles. The Kier molecular flexibility index (Phi) is 3.66. The molecule has 0 bridgehead atoms. The highest BCUT2D eigenvalue weighted by Gasteiger charge is 2.32. The standard InChI is InChI=1S/C16H20N6O2/c1-11-7-14(22(23)24)8-17-15(11)20-6-2-3-12(9-20)16-19-18-10-21(16)13-4-5-13/h7-8,10,12-13H,2-6,9H2,1H3. The minimum atomic E-state index is -0.402. The summed E-state index contributed by atoms with van der Waals surface area (Å²) in [5, 5.41) is 19.4. The van der Waals surface area contributed by atoms with Crippen molar-refractivity contribution in [3.8, 4) is 0 Å². The van der Waals surface area contributed by atoms with Crippen LogP contribution in [0.2, 0.25) is 0 Å². The maximum Gasteiger partial charge on any atom is 0.287 e. The molecule has 1 atom stereocenters. The Morgan fingerprint density at radius 3 is 2.88 bits per heavy atom. The molecule has 1 aliphatic carbocycles. The number of rotatable bonds is 4. The summed E-state index contributed by atoms with van der Waals surface area (Å²) in [6, 6.07) is 2.17. The highest BCUT2D eigenvalue weighted by atomic mass is 16.6. The molecule has 2 aromatic rings. The van der Waals surface area contributed by atoms with Crippen LogP contribution in [0.3, 0.4) is 0 Å². The number of anilines is 1. The largest absolute Gasteiger partial charge is 0.356 e. The Balaban J connectivity index is 1.56. The van der Waals surface area contributed by atoms with E-state index >= 15 is 0 Å². The first-order chi connectivity index (χ1) is 11.6. The molecule has 8 heteroatoms. The zero-order valence-electron chi connectivity index (χ0n) is 13.6. The van der Waals surface area contributed by atoms with Crippen LogP contribution >= 0.6 is 0 Å². The first kappa shape index (κ1) is 15.0. The van der Waals surface area contributed by atoms with E-state index in [1.807, 2.05) is 13.3 Å². The quantitative estimate of drug-likeness (QED) is 0.633. The van der Waals surface area contributed by atoms with Crippen molar-refractivity contribution < 1.29 is 4.92 Å². The minimum Gasteiger partial charge on any atom is -0.356 e. The van der Waals surface area contributed by atoms with Crippen molar-refractivity contribution >= 4 is 11.5 Å². The van der Waals surface area contributed by atoms with Crippen LogP contribution in [0.25, 0.3) is 0 Å². The molecule has 4 rings (SSSR count). The average molecular weight is 328 g/mol. The normalized spacial score (nSPS) is 21.0. The van der Waals surface area contributed by atoms with Crippen LogP contribution in [0.4, 0.5) is 11.5 Å². The maximum absolute atomic E-state index is 10.9. The minimum absolute atomic E-state index is 0.0401. The van der Waals surface area contributed by atoms with Crippen LogP contribution < -0.4 is 4.90 Å². The molecule has 24 heavy (non-hydrogen) atoms. The van der Waals surface area contributed by atoms with Gasteiger partial charge in [-0.1, -0.05) is 0 Å². The maximum atomic E-state index is 10.9. The summed E-state index contributed by atoms with van der Waals surface area (Å²) in [5.41, 5.74) is 0.881. The van der Waals surface area contributed by atoms with Gasteiger partial charge in [0.05, 0.1) is 4.92 Å². The predicted octanol–water partition coefficient (Wildman–Crippen LogP) is 2.61. The Bertz CT molecular complexity index is 770. The summed E-state index contributed by atoms with van der Waals surface area (Å²) >= 11 is 0. The van der Waals surface area contributed by atoms with E-state index in [0.717, 1.165) is 43.1 Å². The highest BCUT2D eigenvalue weighted by molar-refractivity contribution is 5.51. The summed E-state index contributed by atoms with van der Waals surface area (Å²) in [5.74, 6) is 2.24. The third-order valence-corrected chi connectivity index (χ3v) is 4.87. The van der Waals surface area contributed by atoms with Crippen LogP contribution in [0.1, 0.15) is 49.0 Å². The molecule has 1 aliphatic heterocycles. The van der Waals surface area contributed by atoms with Crippen LogP contribution in [0.15, 0.2) is 18.6 Å². The van der Waals surface area contributed by atoms with Gasteiger partial charge in [-0.05, 0) is 38.2 Å². The van der Waals surface area contributed by atoms with Crippen LogP contribution in [-0.4, -0.2) is 37.8 Å². The number of hydrogen-bond donors (Lipinski definition) is 0. The number of hydrogen-bond acceptors (Lipinski definition) is 6. The highest BCUT2D eigenvalue weighted by Crippen LogP contribution is 2.38. The summed E-state index contributed by atoms with van der Waals surface area (Å²) in [6.45, 7) is 3.63. The van der Waals surface area contributed by atoms with Crippen molar-refractivity contribution in [2.24, 2.45) is 0 Å². The average Bonchev–Trinajstić information content (AvgIpc) is 3.31. The summed E-state index contributed by atoms with van der Waals surface area (Å²) in [4.78, 5) is 17.1. The Hall–Kier alpha value is -2.51. The monoisotopic (exact) mass is 328 g/mol. The van der Waals surface area contributed by atoms with Crippen LogP contribution in [-0.2, 0) is 0 Å². The smallest absolute Gasteiger partial charge is 0.287 e. The zero-order chi connectivity index (χ0) is 16.7. The van der Waals surface area contributed by atoms with E-state index in [1.165, 1.54) is 19.0 Å². The summed E-state index contributed by atoms with van der Waals surface area (Å²) in [6.07, 6.45) is 7.77. The number of piperidine rings is 1. The Morgan fingerprint density at radius 1 is 1.33 bits per heavy atom. The molecule has 2 aliphatic rings. The lowest BCUT2D eigenvalue weighted by molar-refractivity contribution is -0.385. The van der Waals surface area contributed by atoms with Gasteiger partial charge in [-0.3, -0.25) is 10.1 Å². The van der Waals surface area contributed by atoms with Crippen molar-refractivity contribution in [1.29, 1.82) is 0 Å². The van der Waals surface area contributed by atoms with Gasteiger partial charge in [-0.25, -0.2) is 4.98 Å². The van der Waals surface area contributed by atoms with E-state index in [2.05, 4.69) is 24.6 Å². The Morgan fingerprint density at radius 2 is 2.17 bits per heavy atom. The Labute approximate surface area is 139 Å². The van der Waals surface area contributed by atoms with Gasteiger partial charge < -0.3 is 9.47 Å². The molecule has 1 unspecified atom stereocenters. The van der Waals surface area contributed by atoms with E-state index < -0.39 is 4.92 Å². The van der Waals surface area contributed by atoms with Crippen LogP contribution in [0, 0.1) is 17.0 Å². The molecule has 8 nitrogen and oxygen atoms in total. The van der Waals surface area contributed by atoms with E-state index in [4.69, 9.17) is 0 Å². The second-order valence-corrected chi connectivity index (χ2v) is 6.70. The molecule has 0 N–H and O–H groups in total. The molecule has 2 fully saturated rings. The van der Waals surface area contributed by atoms with E-state index in [1.54, 1.807) is 6.07 Å². The topological polar surface area (TPSA) is 90.0 Å². The van der Waals surface area contributed by atoms with Crippen LogP contribution in [0.5, 0.6) is 0 Å². The third kappa shape index (κ3) is 2.72. The second kappa shape index (κ2) is 5.85. The van der Waals surface area contributed by atoms with Gasteiger partial charge in [0, 0.05) is 31.1 Å². The number of pyridine rings is 1. The molecule has 0 radical (unpaired) electrons. The molecule has 0 spiro atoms. The van der Waals surface area contributed by atoms with Crippen molar-refractivity contribution in [1.82, 2.24) is 19.7 Å². The van der Waals surface area contributed by atoms with Gasteiger partial charge in [0.1, 0.15) is 24.2 Å². The first-order valence-corrected chi connectivity index (χ1v) is 8.39. The van der Waals surface area contributed by atoms with Gasteiger partial charge in [-0.15, -0.1) is 10.2 Å². The van der Waals surface area contributed by atoms with Gasteiger partial charge in [-0.2, -0.15) is 0 Å². The zero-order valence-corrected chi connectivity index (χ0v) is 13.6. The number of aromatic nitrogens is 4. The SMILES string of the molecule is Cc1cc([N+](=O)[O-])cnc1N1CCCC(c2nncn2C2CC2)C1. The van der Waals surface area contributed by atoms with Crippen molar-refractivity contribution in [3.63, 3.8) is 0 Å². The van der Waals surface area contributed by atoms with E-state index in [9.17, 15) is 10.1 Å². The fourth-order valence-corrected chi connectivity index (χ4v) is 3.54. The van der Waals surface area contributed by atoms with Crippen molar-refractivity contribution in [2.45, 2.75) is 44.6 Å². The molecule has 1 saturated carbocycles. The lowest BCUT2D eigenvalue weighted by Gasteiger charge is -2.34. The van der Waals surface area contributed by atoms with Gasteiger partial charge in [0.25, 0.3) is 5.69 Å². The second-order valence-electron chi connectivity index (χ2n) is 6.70. The fraction of sp³-hybridized carbons (Fsp3) is 0.562. The first-order valence-electron chi connectivity index (χ1n) is 8.39. The van der Waals surface area contributed by atoms with Crippen molar-refractivity contribution in [3.05, 3.63) is 40.1 Å². The summed E-state index contributed by atoms with van der Waals surface area (Å²) in [7, 11) is 0. The molecule has 2 aromatic heterocycles. The lowest BCUT2D eigenvalue weighted by atomic mass is 9.96. The number of nitro groups is 1. The molecular weight excluding hydrogens is 308 g/mol. The molecule has 0 amide bonds. The molecule has 1 saturated heterocycles. The summed E-state index contributed by atoms with van der Waals surface area (Å²) < 4.78 is 2.23. The number of aryl methyl sites for hydroxylation is 1. The van der Waals surface area contributed by atoms with E-state index in [-0.39, 0.29) is 5.69 Å². The fourth-order valence-electron chi connectivity index (χ4n) is 3.54. The number of nitrogens with zero attached hydrogens (tertiary/aromatic N) is 6. The third-order valence-electron chi connectivity index (χ3n) is 4.87. The molecular formula is C16H20N6O2. The molecule has 126 valence electrons. The van der Waals surface area contributed by atoms with Crippen molar-refractivity contribution in [2.75, 3.05) is 18.0 Å².